The normalized spacial score (nSPS) is 13.8. The van der Waals surface area contributed by atoms with Crippen LogP contribution in [-0.4, -0.2) is 12.2 Å². The number of rotatable bonds is 7. The Morgan fingerprint density at radius 1 is 0.941 bits per heavy atom. The molecule has 3 aromatic carbocycles. The van der Waals surface area contributed by atoms with Crippen molar-refractivity contribution < 1.29 is 9.84 Å². The smallest absolute Gasteiger partial charge is 0.122 e. The van der Waals surface area contributed by atoms with Gasteiger partial charge < -0.3 is 14.7 Å². The summed E-state index contributed by atoms with van der Waals surface area (Å²) in [5, 5.41) is 11.1. The number of hydrogen-bond donors (Lipinski definition) is 1. The van der Waals surface area contributed by atoms with Crippen LogP contribution in [-0.2, 0) is 6.42 Å². The van der Waals surface area contributed by atoms with E-state index in [9.17, 15) is 5.11 Å². The molecule has 0 aromatic heterocycles. The van der Waals surface area contributed by atoms with Crippen molar-refractivity contribution in [1.29, 1.82) is 0 Å². The summed E-state index contributed by atoms with van der Waals surface area (Å²) >= 11 is 0. The van der Waals surface area contributed by atoms with Gasteiger partial charge in [0.1, 0.15) is 11.9 Å². The van der Waals surface area contributed by atoms with Crippen molar-refractivity contribution in [3.8, 4) is 5.75 Å². The van der Waals surface area contributed by atoms with Gasteiger partial charge in [-0.15, -0.1) is 0 Å². The Kier molecular flexibility index (Phi) is 7.23. The predicted molar refractivity (Wildman–Crippen MR) is 143 cm³/mol. The van der Waals surface area contributed by atoms with Crippen LogP contribution in [0.15, 0.2) is 72.4 Å². The molecular weight excluding hydrogens is 418 g/mol. The Bertz CT molecular complexity index is 1220. The van der Waals surface area contributed by atoms with E-state index < -0.39 is 6.10 Å². The first kappa shape index (κ1) is 23.8. The van der Waals surface area contributed by atoms with E-state index in [1.165, 1.54) is 29.7 Å². The Morgan fingerprint density at radius 2 is 1.71 bits per heavy atom. The molecule has 0 fully saturated rings. The van der Waals surface area contributed by atoms with Gasteiger partial charge in [0.25, 0.3) is 0 Å². The van der Waals surface area contributed by atoms with Crippen LogP contribution in [0.1, 0.15) is 66.2 Å². The van der Waals surface area contributed by atoms with Crippen LogP contribution in [0.5, 0.6) is 5.75 Å². The van der Waals surface area contributed by atoms with Crippen LogP contribution in [0.4, 0.5) is 11.4 Å². The van der Waals surface area contributed by atoms with E-state index in [2.05, 4.69) is 67.3 Å². The van der Waals surface area contributed by atoms with Gasteiger partial charge in [-0.05, 0) is 103 Å². The minimum absolute atomic E-state index is 0.710. The summed E-state index contributed by atoms with van der Waals surface area (Å²) in [7, 11) is 1.67. The minimum Gasteiger partial charge on any atom is -0.496 e. The fraction of sp³-hybridized carbons (Fsp3) is 0.290. The molecule has 1 unspecified atom stereocenters. The van der Waals surface area contributed by atoms with Crippen LogP contribution in [0, 0.1) is 13.8 Å². The lowest BCUT2D eigenvalue weighted by Crippen LogP contribution is -2.15. The lowest BCUT2D eigenvalue weighted by Gasteiger charge is -2.27. The van der Waals surface area contributed by atoms with E-state index in [1.54, 1.807) is 7.11 Å². The summed E-state index contributed by atoms with van der Waals surface area (Å²) in [6, 6.07) is 19.0. The molecule has 1 N–H and O–H groups in total. The molecule has 1 heterocycles. The van der Waals surface area contributed by atoms with E-state index >= 15 is 0 Å². The number of anilines is 2. The number of aliphatic hydroxyl groups is 1. The third-order valence-electron chi connectivity index (χ3n) is 6.76. The lowest BCUT2D eigenvalue weighted by molar-refractivity contribution is 0.219. The van der Waals surface area contributed by atoms with Gasteiger partial charge in [0.05, 0.1) is 12.8 Å². The molecule has 1 atom stereocenters. The number of benzene rings is 3. The predicted octanol–water partition coefficient (Wildman–Crippen LogP) is 7.81. The van der Waals surface area contributed by atoms with Crippen LogP contribution >= 0.6 is 0 Å². The van der Waals surface area contributed by atoms with Crippen LogP contribution < -0.4 is 9.64 Å². The number of hydrogen-bond acceptors (Lipinski definition) is 3. The summed E-state index contributed by atoms with van der Waals surface area (Å²) in [6.45, 7) is 8.45. The summed E-state index contributed by atoms with van der Waals surface area (Å²) < 4.78 is 5.51. The zero-order valence-corrected chi connectivity index (χ0v) is 20.9. The van der Waals surface area contributed by atoms with Gasteiger partial charge in [0.15, 0.2) is 0 Å². The second-order valence-corrected chi connectivity index (χ2v) is 9.16. The van der Waals surface area contributed by atoms with Gasteiger partial charge in [0.2, 0.25) is 0 Å². The van der Waals surface area contributed by atoms with E-state index in [0.29, 0.717) is 0 Å². The standard InChI is InChI=1S/C31H35NO2/c1-6-7-10-24-12-17-29-26(19-24)11-8-9-22(3)32(29)28-15-13-25(14-16-28)31(33)27-18-21(2)23(4)30(20-27)34-5/h8-9,11-20,31,33H,6-7,10H2,1-5H3. The van der Waals surface area contributed by atoms with Gasteiger partial charge in [0, 0.05) is 11.4 Å². The van der Waals surface area contributed by atoms with Crippen molar-refractivity contribution >= 4 is 17.5 Å². The zero-order valence-electron chi connectivity index (χ0n) is 20.9. The average Bonchev–Trinajstić information content (AvgIpc) is 3.01. The van der Waals surface area contributed by atoms with Crippen molar-refractivity contribution in [1.82, 2.24) is 0 Å². The Morgan fingerprint density at radius 3 is 2.41 bits per heavy atom. The first-order valence-electron chi connectivity index (χ1n) is 12.1. The Labute approximate surface area is 204 Å². The first-order chi connectivity index (χ1) is 16.4. The summed E-state index contributed by atoms with van der Waals surface area (Å²) in [5.41, 5.74) is 9.93. The number of aryl methyl sites for hydroxylation is 2. The highest BCUT2D eigenvalue weighted by molar-refractivity contribution is 5.79. The van der Waals surface area contributed by atoms with E-state index in [4.69, 9.17) is 4.74 Å². The molecule has 0 aliphatic carbocycles. The highest BCUT2D eigenvalue weighted by Crippen LogP contribution is 2.37. The maximum atomic E-state index is 11.1. The number of allylic oxidation sites excluding steroid dienone is 3. The van der Waals surface area contributed by atoms with Crippen molar-refractivity contribution in [2.24, 2.45) is 0 Å². The van der Waals surface area contributed by atoms with E-state index in [0.717, 1.165) is 45.8 Å². The Balaban J connectivity index is 1.65. The number of ether oxygens (including phenoxy) is 1. The van der Waals surface area contributed by atoms with E-state index in [1.807, 2.05) is 38.1 Å². The van der Waals surface area contributed by atoms with Gasteiger partial charge in [-0.2, -0.15) is 0 Å². The molecule has 3 aromatic rings. The lowest BCUT2D eigenvalue weighted by atomic mass is 9.96. The number of aliphatic hydroxyl groups excluding tert-OH is 1. The molecule has 34 heavy (non-hydrogen) atoms. The molecule has 0 radical (unpaired) electrons. The largest absolute Gasteiger partial charge is 0.496 e. The molecule has 0 bridgehead atoms. The van der Waals surface area contributed by atoms with E-state index in [-0.39, 0.29) is 0 Å². The summed E-state index contributed by atoms with van der Waals surface area (Å²) in [4.78, 5) is 2.29. The van der Waals surface area contributed by atoms with Gasteiger partial charge in [-0.3, -0.25) is 0 Å². The van der Waals surface area contributed by atoms with Crippen LogP contribution in [0.3, 0.4) is 0 Å². The Hall–Kier alpha value is -3.30. The third-order valence-corrected chi connectivity index (χ3v) is 6.76. The zero-order chi connectivity index (χ0) is 24.2. The fourth-order valence-electron chi connectivity index (χ4n) is 4.60. The summed E-state index contributed by atoms with van der Waals surface area (Å²) in [5.74, 6) is 0.804. The minimum atomic E-state index is -0.710. The van der Waals surface area contributed by atoms with Gasteiger partial charge >= 0.3 is 0 Å². The number of fused-ring (bicyclic) bond motifs is 1. The van der Waals surface area contributed by atoms with Crippen molar-refractivity contribution in [3.05, 3.63) is 106 Å². The van der Waals surface area contributed by atoms with Gasteiger partial charge in [-0.1, -0.05) is 49.8 Å². The molecule has 0 amide bonds. The quantitative estimate of drug-likeness (QED) is 0.396. The number of nitrogens with zero attached hydrogens (tertiary/aromatic N) is 1. The molecule has 4 rings (SSSR count). The van der Waals surface area contributed by atoms with Crippen molar-refractivity contribution in [2.75, 3.05) is 12.0 Å². The van der Waals surface area contributed by atoms with Crippen LogP contribution in [0.25, 0.3) is 6.08 Å². The molecule has 3 heteroatoms. The molecule has 3 nitrogen and oxygen atoms in total. The molecule has 176 valence electrons. The highest BCUT2D eigenvalue weighted by atomic mass is 16.5. The third kappa shape index (κ3) is 4.80. The van der Waals surface area contributed by atoms with Gasteiger partial charge in [-0.25, -0.2) is 0 Å². The molecule has 0 spiro atoms. The SMILES string of the molecule is CCCCc1ccc2c(c1)C=CC=C(C)N2c1ccc(C(O)c2cc(C)c(C)c(OC)c2)cc1. The molecule has 0 saturated carbocycles. The monoisotopic (exact) mass is 453 g/mol. The van der Waals surface area contributed by atoms with Crippen molar-refractivity contribution in [3.63, 3.8) is 0 Å². The molecule has 1 aliphatic rings. The number of methoxy groups -OCH3 is 1. The topological polar surface area (TPSA) is 32.7 Å². The molecular formula is C31H35NO2. The highest BCUT2D eigenvalue weighted by Gasteiger charge is 2.18. The number of unbranched alkanes of at least 4 members (excludes halogenated alkanes) is 1. The van der Waals surface area contributed by atoms with Crippen LogP contribution in [0.2, 0.25) is 0 Å². The second kappa shape index (κ2) is 10.3. The second-order valence-electron chi connectivity index (χ2n) is 9.16. The fourth-order valence-corrected chi connectivity index (χ4v) is 4.60. The first-order valence-corrected chi connectivity index (χ1v) is 12.1. The molecule has 1 aliphatic heterocycles. The molecule has 0 saturated heterocycles. The van der Waals surface area contributed by atoms with Crippen molar-refractivity contribution in [2.45, 2.75) is 53.1 Å². The average molecular weight is 454 g/mol. The maximum Gasteiger partial charge on any atom is 0.122 e. The maximum absolute atomic E-state index is 11.1. The summed E-state index contributed by atoms with van der Waals surface area (Å²) in [6.07, 6.45) is 9.28.